The molecule has 1 aromatic heterocycles. The third-order valence-electron chi connectivity index (χ3n) is 3.65. The molecule has 0 bridgehead atoms. The van der Waals surface area contributed by atoms with Gasteiger partial charge < -0.3 is 0 Å². The standard InChI is InChI=1S/C19H14BrNO2/c20-18-15(13-22)12-21(16-9-5-2-6-10-16)19(23)17(18)11-14-7-3-1-4-8-14/h1-10,12-13H,11H2. The number of nitrogens with zero attached hydrogens (tertiary/aromatic N) is 1. The molecule has 2 aromatic carbocycles. The van der Waals surface area contributed by atoms with Gasteiger partial charge in [-0.2, -0.15) is 0 Å². The average molecular weight is 368 g/mol. The number of hydrogen-bond donors (Lipinski definition) is 0. The van der Waals surface area contributed by atoms with E-state index >= 15 is 0 Å². The third-order valence-corrected chi connectivity index (χ3v) is 4.59. The maximum Gasteiger partial charge on any atom is 0.259 e. The number of aromatic nitrogens is 1. The summed E-state index contributed by atoms with van der Waals surface area (Å²) in [6, 6.07) is 19.0. The normalized spacial score (nSPS) is 10.5. The van der Waals surface area contributed by atoms with Gasteiger partial charge in [-0.3, -0.25) is 14.2 Å². The first-order valence-electron chi connectivity index (χ1n) is 7.19. The first-order valence-corrected chi connectivity index (χ1v) is 7.98. The van der Waals surface area contributed by atoms with E-state index in [-0.39, 0.29) is 5.56 Å². The van der Waals surface area contributed by atoms with Gasteiger partial charge in [0.25, 0.3) is 5.56 Å². The summed E-state index contributed by atoms with van der Waals surface area (Å²) in [5.41, 5.74) is 2.66. The Morgan fingerprint density at radius 2 is 1.57 bits per heavy atom. The van der Waals surface area contributed by atoms with Crippen LogP contribution in [0.25, 0.3) is 5.69 Å². The van der Waals surface area contributed by atoms with E-state index in [4.69, 9.17) is 0 Å². The van der Waals surface area contributed by atoms with Crippen molar-refractivity contribution in [3.8, 4) is 5.69 Å². The molecule has 0 unspecified atom stereocenters. The van der Waals surface area contributed by atoms with Crippen molar-refractivity contribution in [1.29, 1.82) is 0 Å². The number of pyridine rings is 1. The molecule has 0 saturated heterocycles. The fourth-order valence-corrected chi connectivity index (χ4v) is 2.99. The Morgan fingerprint density at radius 1 is 0.957 bits per heavy atom. The van der Waals surface area contributed by atoms with E-state index < -0.39 is 0 Å². The molecule has 0 aliphatic heterocycles. The lowest BCUT2D eigenvalue weighted by atomic mass is 10.0. The van der Waals surface area contributed by atoms with Crippen LogP contribution in [0.3, 0.4) is 0 Å². The first-order chi connectivity index (χ1) is 11.2. The SMILES string of the molecule is O=Cc1cn(-c2ccccc2)c(=O)c(Cc2ccccc2)c1Br. The van der Waals surface area contributed by atoms with Gasteiger partial charge >= 0.3 is 0 Å². The molecule has 0 atom stereocenters. The van der Waals surface area contributed by atoms with Crippen molar-refractivity contribution in [2.45, 2.75) is 6.42 Å². The van der Waals surface area contributed by atoms with Crippen LogP contribution < -0.4 is 5.56 Å². The summed E-state index contributed by atoms with van der Waals surface area (Å²) >= 11 is 3.41. The van der Waals surface area contributed by atoms with Crippen LogP contribution in [0, 0.1) is 0 Å². The minimum atomic E-state index is -0.127. The monoisotopic (exact) mass is 367 g/mol. The zero-order chi connectivity index (χ0) is 16.2. The van der Waals surface area contributed by atoms with Crippen molar-refractivity contribution < 1.29 is 4.79 Å². The zero-order valence-corrected chi connectivity index (χ0v) is 13.9. The predicted octanol–water partition coefficient (Wildman–Crippen LogP) is 4.00. The summed E-state index contributed by atoms with van der Waals surface area (Å²) in [6.45, 7) is 0. The topological polar surface area (TPSA) is 39.1 Å². The molecule has 0 N–H and O–H groups in total. The van der Waals surface area contributed by atoms with Gasteiger partial charge in [-0.15, -0.1) is 0 Å². The van der Waals surface area contributed by atoms with Crippen molar-refractivity contribution in [3.05, 3.63) is 98.4 Å². The molecule has 1 heterocycles. The Labute approximate surface area is 142 Å². The van der Waals surface area contributed by atoms with E-state index in [1.807, 2.05) is 60.7 Å². The van der Waals surface area contributed by atoms with Crippen LogP contribution in [-0.4, -0.2) is 10.9 Å². The number of carbonyl (C=O) groups is 1. The minimum Gasteiger partial charge on any atom is -0.298 e. The smallest absolute Gasteiger partial charge is 0.259 e. The average Bonchev–Trinajstić information content (AvgIpc) is 2.60. The van der Waals surface area contributed by atoms with Gasteiger partial charge in [0.1, 0.15) is 0 Å². The second kappa shape index (κ2) is 6.75. The van der Waals surface area contributed by atoms with Crippen LogP contribution in [0.1, 0.15) is 21.5 Å². The molecule has 0 amide bonds. The highest BCUT2D eigenvalue weighted by Crippen LogP contribution is 2.21. The number of rotatable bonds is 4. The molecule has 0 aliphatic carbocycles. The molecule has 3 rings (SSSR count). The molecule has 0 spiro atoms. The van der Waals surface area contributed by atoms with Gasteiger partial charge in [-0.25, -0.2) is 0 Å². The Hall–Kier alpha value is -2.46. The third kappa shape index (κ3) is 3.17. The Bertz CT molecular complexity index is 886. The van der Waals surface area contributed by atoms with Crippen LogP contribution in [0.15, 0.2) is 76.1 Å². The van der Waals surface area contributed by atoms with Crippen molar-refractivity contribution in [2.24, 2.45) is 0 Å². The lowest BCUT2D eigenvalue weighted by Crippen LogP contribution is -2.24. The van der Waals surface area contributed by atoms with Gasteiger partial charge in [0.05, 0.1) is 0 Å². The highest BCUT2D eigenvalue weighted by molar-refractivity contribution is 9.10. The number of aldehydes is 1. The van der Waals surface area contributed by atoms with Crippen molar-refractivity contribution in [3.63, 3.8) is 0 Å². The van der Waals surface area contributed by atoms with Crippen LogP contribution in [0.5, 0.6) is 0 Å². The van der Waals surface area contributed by atoms with Crippen LogP contribution in [0.4, 0.5) is 0 Å². The summed E-state index contributed by atoms with van der Waals surface area (Å²) in [5.74, 6) is 0. The fourth-order valence-electron chi connectivity index (χ4n) is 2.48. The van der Waals surface area contributed by atoms with E-state index in [9.17, 15) is 9.59 Å². The molecule has 3 aromatic rings. The zero-order valence-electron chi connectivity index (χ0n) is 12.3. The van der Waals surface area contributed by atoms with Gasteiger partial charge in [-0.05, 0) is 33.6 Å². The fraction of sp³-hybridized carbons (Fsp3) is 0.0526. The minimum absolute atomic E-state index is 0.127. The molecule has 0 saturated carbocycles. The molecule has 114 valence electrons. The molecular formula is C19H14BrNO2. The van der Waals surface area contributed by atoms with Gasteiger partial charge in [0.2, 0.25) is 0 Å². The van der Waals surface area contributed by atoms with E-state index in [1.54, 1.807) is 6.20 Å². The highest BCUT2D eigenvalue weighted by atomic mass is 79.9. The first kappa shape index (κ1) is 15.4. The lowest BCUT2D eigenvalue weighted by Gasteiger charge is -2.12. The van der Waals surface area contributed by atoms with E-state index in [1.165, 1.54) is 4.57 Å². The molecule has 4 heteroatoms. The number of halogens is 1. The molecule has 0 aliphatic rings. The largest absolute Gasteiger partial charge is 0.298 e. The van der Waals surface area contributed by atoms with Gasteiger partial charge in [0, 0.05) is 33.9 Å². The molecule has 0 radical (unpaired) electrons. The molecule has 3 nitrogen and oxygen atoms in total. The summed E-state index contributed by atoms with van der Waals surface area (Å²) in [5, 5.41) is 0. The summed E-state index contributed by atoms with van der Waals surface area (Å²) < 4.78 is 2.08. The lowest BCUT2D eigenvalue weighted by molar-refractivity contribution is 0.112. The van der Waals surface area contributed by atoms with Crippen molar-refractivity contribution >= 4 is 22.2 Å². The Balaban J connectivity index is 2.19. The summed E-state index contributed by atoms with van der Waals surface area (Å²) in [7, 11) is 0. The maximum atomic E-state index is 12.9. The van der Waals surface area contributed by atoms with E-state index in [2.05, 4.69) is 15.9 Å². The van der Waals surface area contributed by atoms with Crippen molar-refractivity contribution in [2.75, 3.05) is 0 Å². The van der Waals surface area contributed by atoms with Gasteiger partial charge in [-0.1, -0.05) is 48.5 Å². The maximum absolute atomic E-state index is 12.9. The second-order valence-electron chi connectivity index (χ2n) is 5.17. The summed E-state index contributed by atoms with van der Waals surface area (Å²) in [6.07, 6.45) is 2.80. The predicted molar refractivity (Wildman–Crippen MR) is 94.4 cm³/mol. The van der Waals surface area contributed by atoms with Crippen LogP contribution >= 0.6 is 15.9 Å². The highest BCUT2D eigenvalue weighted by Gasteiger charge is 2.15. The molecule has 23 heavy (non-hydrogen) atoms. The molecular weight excluding hydrogens is 354 g/mol. The number of hydrogen-bond acceptors (Lipinski definition) is 2. The van der Waals surface area contributed by atoms with Crippen LogP contribution in [-0.2, 0) is 6.42 Å². The number of para-hydroxylation sites is 1. The Morgan fingerprint density at radius 3 is 2.17 bits per heavy atom. The number of carbonyl (C=O) groups excluding carboxylic acids is 1. The van der Waals surface area contributed by atoms with E-state index in [0.29, 0.717) is 22.0 Å². The number of benzene rings is 2. The van der Waals surface area contributed by atoms with E-state index in [0.717, 1.165) is 17.5 Å². The van der Waals surface area contributed by atoms with Gasteiger partial charge in [0.15, 0.2) is 6.29 Å². The second-order valence-corrected chi connectivity index (χ2v) is 5.96. The molecule has 0 fully saturated rings. The summed E-state index contributed by atoms with van der Waals surface area (Å²) in [4.78, 5) is 24.3. The van der Waals surface area contributed by atoms with Crippen molar-refractivity contribution in [1.82, 2.24) is 4.57 Å². The Kier molecular flexibility index (Phi) is 4.53. The quantitative estimate of drug-likeness (QED) is 0.653. The van der Waals surface area contributed by atoms with Crippen LogP contribution in [0.2, 0.25) is 0 Å².